The lowest BCUT2D eigenvalue weighted by Crippen LogP contribution is -2.88. The lowest BCUT2D eigenvalue weighted by atomic mass is 10.1. The molecule has 1 aliphatic heterocycles. The number of nitrogens with zero attached hydrogens (tertiary/aromatic N) is 1. The van der Waals surface area contributed by atoms with E-state index in [1.807, 2.05) is 28.8 Å². The minimum atomic E-state index is -0.541. The molecule has 0 radical (unpaired) electrons. The molecule has 0 amide bonds. The standard InChI is InChI=1S/C15H11ClFN5/c16-8-4-3-5-9(17)12(8)13-20-14(18)21-15-19-10-6-1-2-7-11(10)22(13)15/h1-7,13H,(H3,18,19,20,21)/p+2/t13-/m1/s1. The highest BCUT2D eigenvalue weighted by Crippen LogP contribution is 2.25. The fraction of sp³-hybridized carbons (Fsp3) is 0.0667. The number of para-hydroxylation sites is 2. The minimum absolute atomic E-state index is 0.330. The number of nitrogens with one attached hydrogen (secondary N) is 3. The van der Waals surface area contributed by atoms with Crippen LogP contribution in [0, 0.1) is 5.82 Å². The van der Waals surface area contributed by atoms with Crippen LogP contribution in [-0.2, 0) is 0 Å². The molecule has 22 heavy (non-hydrogen) atoms. The van der Waals surface area contributed by atoms with Gasteiger partial charge in [-0.25, -0.2) is 14.4 Å². The largest absolute Gasteiger partial charge is 0.368 e. The molecule has 0 unspecified atom stereocenters. The molecule has 5 N–H and O–H groups in total. The van der Waals surface area contributed by atoms with Crippen LogP contribution in [0.5, 0.6) is 0 Å². The van der Waals surface area contributed by atoms with Crippen LogP contribution in [0.4, 0.5) is 10.3 Å². The SMILES string of the molecule is NC1=[NH+][C@@H](c2c(F)cccc2Cl)[n+]2c([nH]c3ccccc32)N1. The van der Waals surface area contributed by atoms with E-state index in [1.165, 1.54) is 6.07 Å². The van der Waals surface area contributed by atoms with Gasteiger partial charge in [0.15, 0.2) is 0 Å². The summed E-state index contributed by atoms with van der Waals surface area (Å²) < 4.78 is 16.2. The summed E-state index contributed by atoms with van der Waals surface area (Å²) in [5.74, 6) is 0.612. The average molecular weight is 318 g/mol. The number of halogens is 2. The van der Waals surface area contributed by atoms with Gasteiger partial charge in [-0.2, -0.15) is 9.88 Å². The molecular formula is C15H13ClFN5+2. The smallest absolute Gasteiger partial charge is 0.290 e. The molecule has 3 aromatic rings. The number of fused-ring (bicyclic) bond motifs is 3. The van der Waals surface area contributed by atoms with Gasteiger partial charge in [0.25, 0.3) is 0 Å². The highest BCUT2D eigenvalue weighted by Gasteiger charge is 2.35. The molecular weight excluding hydrogens is 305 g/mol. The topological polar surface area (TPSA) is 71.7 Å². The van der Waals surface area contributed by atoms with Crippen LogP contribution in [0.1, 0.15) is 11.7 Å². The van der Waals surface area contributed by atoms with E-state index in [0.717, 1.165) is 11.0 Å². The molecule has 1 aliphatic rings. The number of rotatable bonds is 1. The van der Waals surface area contributed by atoms with Crippen molar-refractivity contribution in [2.45, 2.75) is 6.17 Å². The van der Waals surface area contributed by atoms with Crippen LogP contribution in [0.2, 0.25) is 5.02 Å². The second-order valence-electron chi connectivity index (χ2n) is 5.08. The Kier molecular flexibility index (Phi) is 2.80. The van der Waals surface area contributed by atoms with Gasteiger partial charge in [-0.15, -0.1) is 0 Å². The van der Waals surface area contributed by atoms with E-state index in [4.69, 9.17) is 17.3 Å². The van der Waals surface area contributed by atoms with E-state index in [9.17, 15) is 4.39 Å². The van der Waals surface area contributed by atoms with Crippen LogP contribution in [-0.4, -0.2) is 10.9 Å². The third-order valence-electron chi connectivity index (χ3n) is 3.73. The van der Waals surface area contributed by atoms with Crippen molar-refractivity contribution in [3.8, 4) is 0 Å². The Morgan fingerprint density at radius 1 is 1.18 bits per heavy atom. The Morgan fingerprint density at radius 3 is 2.82 bits per heavy atom. The zero-order chi connectivity index (χ0) is 15.3. The van der Waals surface area contributed by atoms with Crippen molar-refractivity contribution in [1.82, 2.24) is 4.98 Å². The third-order valence-corrected chi connectivity index (χ3v) is 4.06. The quantitative estimate of drug-likeness (QED) is 0.497. The fourth-order valence-electron chi connectivity index (χ4n) is 2.81. The van der Waals surface area contributed by atoms with Crippen molar-refractivity contribution in [2.75, 3.05) is 5.32 Å². The molecule has 2 heterocycles. The molecule has 0 bridgehead atoms. The van der Waals surface area contributed by atoms with Gasteiger partial charge in [-0.3, -0.25) is 5.73 Å². The van der Waals surface area contributed by atoms with E-state index in [1.54, 1.807) is 12.1 Å². The summed E-state index contributed by atoms with van der Waals surface area (Å²) in [5, 5.41) is 3.36. The summed E-state index contributed by atoms with van der Waals surface area (Å²) in [5.41, 5.74) is 8.07. The molecule has 110 valence electrons. The fourth-order valence-corrected chi connectivity index (χ4v) is 3.07. The van der Waals surface area contributed by atoms with Gasteiger partial charge in [0, 0.05) is 0 Å². The van der Waals surface area contributed by atoms with Crippen LogP contribution in [0.3, 0.4) is 0 Å². The summed E-state index contributed by atoms with van der Waals surface area (Å²) in [7, 11) is 0. The molecule has 2 aromatic carbocycles. The average Bonchev–Trinajstić information content (AvgIpc) is 2.84. The summed E-state index contributed by atoms with van der Waals surface area (Å²) in [6.45, 7) is 0. The number of aromatic amines is 1. The van der Waals surface area contributed by atoms with E-state index in [-0.39, 0.29) is 5.82 Å². The number of hydrogen-bond donors (Lipinski definition) is 4. The van der Waals surface area contributed by atoms with Crippen LogP contribution in [0.25, 0.3) is 11.0 Å². The molecule has 5 nitrogen and oxygen atoms in total. The Hall–Kier alpha value is -2.60. The van der Waals surface area contributed by atoms with Gasteiger partial charge in [-0.05, 0) is 24.3 Å². The zero-order valence-corrected chi connectivity index (χ0v) is 12.2. The first kappa shape index (κ1) is 13.1. The number of anilines is 1. The van der Waals surface area contributed by atoms with Crippen molar-refractivity contribution < 1.29 is 13.9 Å². The predicted octanol–water partition coefficient (Wildman–Crippen LogP) is 0.616. The highest BCUT2D eigenvalue weighted by atomic mass is 35.5. The second-order valence-corrected chi connectivity index (χ2v) is 5.49. The van der Waals surface area contributed by atoms with Gasteiger partial charge in [0.1, 0.15) is 16.9 Å². The summed E-state index contributed by atoms with van der Waals surface area (Å²) >= 11 is 6.22. The van der Waals surface area contributed by atoms with Crippen LogP contribution >= 0.6 is 11.6 Å². The molecule has 0 spiro atoms. The van der Waals surface area contributed by atoms with Crippen LogP contribution in [0.15, 0.2) is 42.5 Å². The lowest BCUT2D eigenvalue weighted by Gasteiger charge is -2.18. The Morgan fingerprint density at radius 2 is 2.00 bits per heavy atom. The number of H-pyrrole nitrogens is 1. The summed E-state index contributed by atoms with van der Waals surface area (Å²) in [4.78, 5) is 6.28. The predicted molar refractivity (Wildman–Crippen MR) is 81.8 cm³/mol. The maximum absolute atomic E-state index is 14.3. The van der Waals surface area contributed by atoms with Gasteiger partial charge >= 0.3 is 11.9 Å². The number of aromatic nitrogens is 2. The molecule has 0 aliphatic carbocycles. The van der Waals surface area contributed by atoms with Gasteiger partial charge < -0.3 is 0 Å². The molecule has 4 rings (SSSR count). The van der Waals surface area contributed by atoms with Gasteiger partial charge in [-0.1, -0.05) is 29.8 Å². The maximum Gasteiger partial charge on any atom is 0.368 e. The molecule has 7 heteroatoms. The van der Waals surface area contributed by atoms with Crippen molar-refractivity contribution in [3.05, 3.63) is 58.9 Å². The maximum atomic E-state index is 14.3. The van der Waals surface area contributed by atoms with Crippen molar-refractivity contribution in [1.29, 1.82) is 0 Å². The van der Waals surface area contributed by atoms with E-state index in [0.29, 0.717) is 22.5 Å². The summed E-state index contributed by atoms with van der Waals surface area (Å²) in [6, 6.07) is 12.4. The van der Waals surface area contributed by atoms with Crippen molar-refractivity contribution >= 4 is 34.5 Å². The monoisotopic (exact) mass is 317 g/mol. The van der Waals surface area contributed by atoms with Crippen LogP contribution < -0.4 is 20.6 Å². The zero-order valence-electron chi connectivity index (χ0n) is 11.4. The first-order valence-corrected chi connectivity index (χ1v) is 7.15. The second kappa shape index (κ2) is 4.71. The van der Waals surface area contributed by atoms with Gasteiger partial charge in [0.05, 0.1) is 10.6 Å². The number of guanidine groups is 1. The number of nitrogens with two attached hydrogens (primary N) is 1. The molecule has 0 saturated heterocycles. The molecule has 0 saturated carbocycles. The van der Waals surface area contributed by atoms with E-state index < -0.39 is 6.17 Å². The number of benzene rings is 2. The molecule has 1 aromatic heterocycles. The lowest BCUT2D eigenvalue weighted by molar-refractivity contribution is -0.840. The first-order chi connectivity index (χ1) is 10.6. The van der Waals surface area contributed by atoms with E-state index in [2.05, 4.69) is 15.3 Å². The first-order valence-electron chi connectivity index (χ1n) is 6.77. The Labute approximate surface area is 130 Å². The third kappa shape index (κ3) is 1.84. The van der Waals surface area contributed by atoms with Crippen molar-refractivity contribution in [3.63, 3.8) is 0 Å². The van der Waals surface area contributed by atoms with Gasteiger partial charge in [0.2, 0.25) is 6.17 Å². The highest BCUT2D eigenvalue weighted by molar-refractivity contribution is 6.31. The number of imidazole rings is 1. The minimum Gasteiger partial charge on any atom is -0.290 e. The number of hydrogen-bond acceptors (Lipinski definition) is 2. The molecule has 0 fully saturated rings. The summed E-state index contributed by atoms with van der Waals surface area (Å²) in [6.07, 6.45) is -0.541. The Bertz CT molecular complexity index is 897. The normalized spacial score (nSPS) is 17.0. The molecule has 1 atom stereocenters. The van der Waals surface area contributed by atoms with E-state index >= 15 is 0 Å². The Balaban J connectivity index is 2.03. The van der Waals surface area contributed by atoms with Crippen molar-refractivity contribution in [2.24, 2.45) is 5.73 Å².